The van der Waals surface area contributed by atoms with E-state index < -0.39 is 10.7 Å². The highest BCUT2D eigenvalue weighted by Crippen LogP contribution is 2.27. The van der Waals surface area contributed by atoms with E-state index in [1.807, 2.05) is 18.2 Å². The number of nitrogens with zero attached hydrogens (tertiary/aromatic N) is 1. The Bertz CT molecular complexity index is 665. The fourth-order valence-corrected chi connectivity index (χ4v) is 2.33. The van der Waals surface area contributed by atoms with Gasteiger partial charge in [-0.3, -0.25) is 10.1 Å². The largest absolute Gasteiger partial charge is 0.375 e. The molecular weight excluding hydrogens is 395 g/mol. The van der Waals surface area contributed by atoms with Crippen LogP contribution < -0.4 is 5.32 Å². The molecule has 0 saturated carbocycles. The van der Waals surface area contributed by atoms with Crippen LogP contribution in [-0.4, -0.2) is 4.92 Å². The fourth-order valence-electron chi connectivity index (χ4n) is 1.65. The van der Waals surface area contributed by atoms with Crippen LogP contribution in [0.5, 0.6) is 0 Å². The third kappa shape index (κ3) is 3.55. The molecule has 7 heteroatoms. The van der Waals surface area contributed by atoms with Crippen molar-refractivity contribution in [2.24, 2.45) is 0 Å². The smallest absolute Gasteiger partial charge is 0.295 e. The number of halogens is 3. The summed E-state index contributed by atoms with van der Waals surface area (Å²) in [6.07, 6.45) is 0. The second-order valence-corrected chi connectivity index (χ2v) is 5.73. The minimum Gasteiger partial charge on any atom is -0.375 e. The molecule has 1 N–H and O–H groups in total. The molecule has 0 atom stereocenters. The lowest BCUT2D eigenvalue weighted by Crippen LogP contribution is -2.03. The van der Waals surface area contributed by atoms with Crippen LogP contribution in [0.3, 0.4) is 0 Å². The van der Waals surface area contributed by atoms with Gasteiger partial charge in [0.2, 0.25) is 0 Å². The van der Waals surface area contributed by atoms with Gasteiger partial charge in [0.05, 0.1) is 11.0 Å². The fraction of sp³-hybridized carbons (Fsp3) is 0.0769. The monoisotopic (exact) mass is 402 g/mol. The lowest BCUT2D eigenvalue weighted by molar-refractivity contribution is -0.384. The molecule has 0 fully saturated rings. The highest BCUT2D eigenvalue weighted by molar-refractivity contribution is 9.13. The van der Waals surface area contributed by atoms with Crippen LogP contribution in [0.4, 0.5) is 15.8 Å². The third-order valence-corrected chi connectivity index (χ3v) is 4.50. The van der Waals surface area contributed by atoms with E-state index in [2.05, 4.69) is 37.2 Å². The molecule has 104 valence electrons. The Morgan fingerprint density at radius 3 is 2.55 bits per heavy atom. The molecule has 0 spiro atoms. The first-order chi connectivity index (χ1) is 9.47. The highest BCUT2D eigenvalue weighted by Gasteiger charge is 2.14. The summed E-state index contributed by atoms with van der Waals surface area (Å²) < 4.78 is 14.8. The average molecular weight is 404 g/mol. The summed E-state index contributed by atoms with van der Waals surface area (Å²) in [6.45, 7) is 0.401. The first-order valence-electron chi connectivity index (χ1n) is 5.59. The maximum atomic E-state index is 13.0. The van der Waals surface area contributed by atoms with Gasteiger partial charge in [0.1, 0.15) is 11.5 Å². The molecule has 0 aliphatic carbocycles. The molecule has 0 unspecified atom stereocenters. The Morgan fingerprint density at radius 1 is 1.15 bits per heavy atom. The van der Waals surface area contributed by atoms with Gasteiger partial charge in [-0.2, -0.15) is 0 Å². The first-order valence-corrected chi connectivity index (χ1v) is 7.17. The van der Waals surface area contributed by atoms with Crippen molar-refractivity contribution < 1.29 is 9.31 Å². The lowest BCUT2D eigenvalue weighted by Gasteiger charge is -2.08. The molecule has 2 rings (SSSR count). The van der Waals surface area contributed by atoms with Crippen LogP contribution in [0.25, 0.3) is 0 Å². The summed E-state index contributed by atoms with van der Waals surface area (Å²) in [5, 5.41) is 13.8. The van der Waals surface area contributed by atoms with Gasteiger partial charge in [-0.25, -0.2) is 4.39 Å². The highest BCUT2D eigenvalue weighted by atomic mass is 79.9. The quantitative estimate of drug-likeness (QED) is 0.585. The van der Waals surface area contributed by atoms with E-state index in [0.29, 0.717) is 6.54 Å². The molecule has 0 heterocycles. The summed E-state index contributed by atoms with van der Waals surface area (Å²) in [6, 6.07) is 9.11. The normalized spacial score (nSPS) is 10.3. The Balaban J connectivity index is 2.18. The lowest BCUT2D eigenvalue weighted by atomic mass is 10.2. The van der Waals surface area contributed by atoms with E-state index in [0.717, 1.165) is 20.6 Å². The van der Waals surface area contributed by atoms with Gasteiger partial charge in [0.15, 0.2) is 0 Å². The van der Waals surface area contributed by atoms with Crippen LogP contribution in [0.15, 0.2) is 45.3 Å². The van der Waals surface area contributed by atoms with Crippen molar-refractivity contribution in [1.29, 1.82) is 0 Å². The maximum absolute atomic E-state index is 13.0. The van der Waals surface area contributed by atoms with Crippen molar-refractivity contribution in [2.45, 2.75) is 6.54 Å². The Labute approximate surface area is 131 Å². The third-order valence-electron chi connectivity index (χ3n) is 2.62. The van der Waals surface area contributed by atoms with Crippen LogP contribution in [0.1, 0.15) is 5.56 Å². The molecule has 2 aromatic rings. The zero-order chi connectivity index (χ0) is 14.7. The number of nitro benzene ring substituents is 1. The summed E-state index contributed by atoms with van der Waals surface area (Å²) in [5.41, 5.74) is 0.954. The number of hydrogen-bond donors (Lipinski definition) is 1. The van der Waals surface area contributed by atoms with Crippen molar-refractivity contribution in [3.63, 3.8) is 0 Å². The number of nitro groups is 1. The molecule has 4 nitrogen and oxygen atoms in total. The van der Waals surface area contributed by atoms with Gasteiger partial charge in [-0.05, 0) is 61.7 Å². The molecule has 0 radical (unpaired) electrons. The number of rotatable bonds is 4. The Kier molecular flexibility index (Phi) is 4.72. The topological polar surface area (TPSA) is 55.2 Å². The minimum absolute atomic E-state index is 0.277. The van der Waals surface area contributed by atoms with Crippen LogP contribution in [0, 0.1) is 15.9 Å². The maximum Gasteiger partial charge on any atom is 0.295 e. The molecule has 2 aromatic carbocycles. The van der Waals surface area contributed by atoms with E-state index in [4.69, 9.17) is 0 Å². The van der Waals surface area contributed by atoms with Crippen LogP contribution in [-0.2, 0) is 6.54 Å². The molecule has 0 saturated heterocycles. The SMILES string of the molecule is O=[N+]([O-])c1cc(F)ccc1NCc1ccc(Br)c(Br)c1. The Hall–Kier alpha value is -1.47. The number of nitrogens with one attached hydrogen (secondary N) is 1. The van der Waals surface area contributed by atoms with E-state index >= 15 is 0 Å². The molecular formula is C13H9Br2FN2O2. The predicted molar refractivity (Wildman–Crippen MR) is 82.2 cm³/mol. The molecule has 0 aliphatic heterocycles. The zero-order valence-corrected chi connectivity index (χ0v) is 13.2. The van der Waals surface area contributed by atoms with E-state index in [9.17, 15) is 14.5 Å². The zero-order valence-electron chi connectivity index (χ0n) is 10.1. The Morgan fingerprint density at radius 2 is 1.90 bits per heavy atom. The molecule has 0 aliphatic rings. The van der Waals surface area contributed by atoms with Crippen molar-refractivity contribution >= 4 is 43.2 Å². The van der Waals surface area contributed by atoms with Gasteiger partial charge < -0.3 is 5.32 Å². The van der Waals surface area contributed by atoms with Crippen molar-refractivity contribution in [1.82, 2.24) is 0 Å². The summed E-state index contributed by atoms with van der Waals surface area (Å²) in [4.78, 5) is 10.3. The second-order valence-electron chi connectivity index (χ2n) is 4.02. The van der Waals surface area contributed by atoms with Crippen molar-refractivity contribution in [2.75, 3.05) is 5.32 Å². The van der Waals surface area contributed by atoms with Gasteiger partial charge in [-0.1, -0.05) is 6.07 Å². The van der Waals surface area contributed by atoms with Crippen LogP contribution >= 0.6 is 31.9 Å². The van der Waals surface area contributed by atoms with Gasteiger partial charge in [0.25, 0.3) is 5.69 Å². The first kappa shape index (κ1) is 14.9. The van der Waals surface area contributed by atoms with E-state index in [-0.39, 0.29) is 11.4 Å². The molecule has 20 heavy (non-hydrogen) atoms. The molecule has 0 aromatic heterocycles. The summed E-state index contributed by atoms with van der Waals surface area (Å²) in [5.74, 6) is -0.631. The van der Waals surface area contributed by atoms with E-state index in [1.165, 1.54) is 12.1 Å². The predicted octanol–water partition coefficient (Wildman–Crippen LogP) is 4.87. The molecule has 0 bridgehead atoms. The number of benzene rings is 2. The average Bonchev–Trinajstić information content (AvgIpc) is 2.41. The van der Waals surface area contributed by atoms with Crippen molar-refractivity contribution in [3.8, 4) is 0 Å². The van der Waals surface area contributed by atoms with E-state index in [1.54, 1.807) is 0 Å². The summed E-state index contributed by atoms with van der Waals surface area (Å²) >= 11 is 6.75. The van der Waals surface area contributed by atoms with Crippen molar-refractivity contribution in [3.05, 3.63) is 66.8 Å². The number of hydrogen-bond acceptors (Lipinski definition) is 3. The van der Waals surface area contributed by atoms with Gasteiger partial charge in [0, 0.05) is 15.5 Å². The number of anilines is 1. The standard InChI is InChI=1S/C13H9Br2FN2O2/c14-10-3-1-8(5-11(10)15)7-17-12-4-2-9(16)6-13(12)18(19)20/h1-6,17H,7H2. The van der Waals surface area contributed by atoms with Gasteiger partial charge >= 0.3 is 0 Å². The van der Waals surface area contributed by atoms with Crippen LogP contribution in [0.2, 0.25) is 0 Å². The second kappa shape index (κ2) is 6.32. The molecule has 0 amide bonds. The summed E-state index contributed by atoms with van der Waals surface area (Å²) in [7, 11) is 0. The minimum atomic E-state index is -0.631. The van der Waals surface area contributed by atoms with Gasteiger partial charge in [-0.15, -0.1) is 0 Å².